The number of rotatable bonds is 2. The zero-order valence-electron chi connectivity index (χ0n) is 3.66. The van der Waals surface area contributed by atoms with Gasteiger partial charge in [-0.25, -0.2) is 0 Å². The van der Waals surface area contributed by atoms with E-state index in [1.54, 1.807) is 0 Å². The molecule has 5 heteroatoms. The van der Waals surface area contributed by atoms with Crippen LogP contribution >= 0.6 is 0 Å². The second kappa shape index (κ2) is 5.48. The fourth-order valence-corrected chi connectivity index (χ4v) is 0.447. The van der Waals surface area contributed by atoms with Crippen LogP contribution in [0.3, 0.4) is 0 Å². The van der Waals surface area contributed by atoms with E-state index >= 15 is 0 Å². The van der Waals surface area contributed by atoms with Crippen molar-refractivity contribution in [3.05, 3.63) is 12.7 Å². The Bertz CT molecular complexity index is 148. The Hall–Kier alpha value is 1.70. The first-order valence-corrected chi connectivity index (χ1v) is 3.23. The van der Waals surface area contributed by atoms with Crippen LogP contribution in [0.1, 0.15) is 0 Å². The summed E-state index contributed by atoms with van der Waals surface area (Å²) in [5.41, 5.74) is 0. The molecular weight excluding hydrogens is 249 g/mol. The molecule has 0 heterocycles. The fraction of sp³-hybridized carbons (Fsp3) is 0.333. The zero-order chi connectivity index (χ0) is 5.91. The van der Waals surface area contributed by atoms with E-state index in [0.29, 0.717) is 0 Å². The van der Waals surface area contributed by atoms with Gasteiger partial charge in [-0.05, 0) is 0 Å². The van der Waals surface area contributed by atoms with Gasteiger partial charge in [-0.15, -0.1) is 6.58 Å². The molecule has 0 aromatic carbocycles. The summed E-state index contributed by atoms with van der Waals surface area (Å²) in [6.45, 7) is 3.11. The Kier molecular flexibility index (Phi) is 8.49. The van der Waals surface area contributed by atoms with E-state index in [9.17, 15) is 8.42 Å². The molecular formula is C3H7CsO3S. The summed E-state index contributed by atoms with van der Waals surface area (Å²) in [6.07, 6.45) is 1.12. The molecule has 0 saturated carbocycles. The molecule has 0 aliphatic rings. The van der Waals surface area contributed by atoms with Gasteiger partial charge in [0.25, 0.3) is 10.1 Å². The van der Waals surface area contributed by atoms with Crippen molar-refractivity contribution in [3.63, 3.8) is 0 Å². The molecule has 0 amide bonds. The SMILES string of the molecule is C=CCS(=O)(=O)O.[CsH]. The maximum absolute atomic E-state index is 9.72. The summed E-state index contributed by atoms with van der Waals surface area (Å²) in [4.78, 5) is 0. The van der Waals surface area contributed by atoms with Gasteiger partial charge >= 0.3 is 68.9 Å². The molecule has 0 atom stereocenters. The number of hydrogen-bond donors (Lipinski definition) is 1. The van der Waals surface area contributed by atoms with E-state index in [2.05, 4.69) is 6.58 Å². The van der Waals surface area contributed by atoms with Crippen molar-refractivity contribution in [2.75, 3.05) is 5.75 Å². The van der Waals surface area contributed by atoms with Gasteiger partial charge in [0.15, 0.2) is 0 Å². The topological polar surface area (TPSA) is 54.4 Å². The quantitative estimate of drug-likeness (QED) is 0.531. The van der Waals surface area contributed by atoms with Crippen molar-refractivity contribution in [3.8, 4) is 0 Å². The zero-order valence-corrected chi connectivity index (χ0v) is 4.48. The van der Waals surface area contributed by atoms with Gasteiger partial charge in [0, 0.05) is 0 Å². The van der Waals surface area contributed by atoms with Crippen LogP contribution in [0.25, 0.3) is 0 Å². The molecule has 0 aliphatic heterocycles. The molecule has 0 saturated heterocycles. The molecule has 0 spiro atoms. The van der Waals surface area contributed by atoms with Gasteiger partial charge in [-0.3, -0.25) is 4.55 Å². The molecule has 0 radical (unpaired) electrons. The summed E-state index contributed by atoms with van der Waals surface area (Å²) in [5.74, 6) is -0.368. The van der Waals surface area contributed by atoms with E-state index in [1.165, 1.54) is 0 Å². The van der Waals surface area contributed by atoms with Crippen LogP contribution in [0.15, 0.2) is 12.7 Å². The minimum absolute atomic E-state index is 0. The molecule has 0 unspecified atom stereocenters. The van der Waals surface area contributed by atoms with Crippen molar-refractivity contribution >= 4 is 79.0 Å². The van der Waals surface area contributed by atoms with E-state index in [1.807, 2.05) is 0 Å². The third-order valence-corrected chi connectivity index (χ3v) is 0.985. The Balaban J connectivity index is 0. The molecule has 44 valence electrons. The van der Waals surface area contributed by atoms with Gasteiger partial charge in [0.1, 0.15) is 0 Å². The van der Waals surface area contributed by atoms with Crippen molar-refractivity contribution in [2.24, 2.45) is 0 Å². The molecule has 0 fully saturated rings. The monoisotopic (exact) mass is 256 g/mol. The predicted molar refractivity (Wildman–Crippen MR) is 33.8 cm³/mol. The Morgan fingerprint density at radius 3 is 2.00 bits per heavy atom. The van der Waals surface area contributed by atoms with Crippen LogP contribution in [0.5, 0.6) is 0 Å². The summed E-state index contributed by atoms with van der Waals surface area (Å²) < 4.78 is 27.3. The first-order valence-electron chi connectivity index (χ1n) is 1.62. The summed E-state index contributed by atoms with van der Waals surface area (Å²) in [7, 11) is -3.79. The van der Waals surface area contributed by atoms with Crippen molar-refractivity contribution in [1.29, 1.82) is 0 Å². The molecule has 0 aromatic heterocycles. The fourth-order valence-electron chi connectivity index (χ4n) is 0.149. The Morgan fingerprint density at radius 1 is 1.62 bits per heavy atom. The van der Waals surface area contributed by atoms with E-state index in [4.69, 9.17) is 4.55 Å². The molecule has 3 nitrogen and oxygen atoms in total. The molecule has 8 heavy (non-hydrogen) atoms. The predicted octanol–water partition coefficient (Wildman–Crippen LogP) is -0.588. The Morgan fingerprint density at radius 2 is 2.00 bits per heavy atom. The third-order valence-electron chi connectivity index (χ3n) is 0.328. The van der Waals surface area contributed by atoms with Crippen molar-refractivity contribution < 1.29 is 13.0 Å². The van der Waals surface area contributed by atoms with Crippen LogP contribution in [-0.2, 0) is 10.1 Å². The Labute approximate surface area is 108 Å². The van der Waals surface area contributed by atoms with Gasteiger partial charge in [-0.1, -0.05) is 6.08 Å². The first-order chi connectivity index (χ1) is 3.06. The van der Waals surface area contributed by atoms with Gasteiger partial charge in [-0.2, -0.15) is 8.42 Å². The van der Waals surface area contributed by atoms with Crippen LogP contribution in [0.4, 0.5) is 0 Å². The van der Waals surface area contributed by atoms with Gasteiger partial charge in [0.2, 0.25) is 0 Å². The third kappa shape index (κ3) is 10.6. The standard InChI is InChI=1S/C3H6O3S.Cs.H/c1-2-3-7(4,5)6;;/h2H,1,3H2,(H,4,5,6);;. The first kappa shape index (κ1) is 12.4. The minimum atomic E-state index is -3.79. The normalized spacial score (nSPS) is 9.62. The average Bonchev–Trinajstić information content (AvgIpc) is 1.30. The van der Waals surface area contributed by atoms with E-state index < -0.39 is 10.1 Å². The second-order valence-electron chi connectivity index (χ2n) is 1.04. The molecule has 0 rings (SSSR count). The van der Waals surface area contributed by atoms with Crippen molar-refractivity contribution in [1.82, 2.24) is 0 Å². The van der Waals surface area contributed by atoms with Crippen molar-refractivity contribution in [2.45, 2.75) is 0 Å². The molecule has 0 bridgehead atoms. The van der Waals surface area contributed by atoms with Crippen LogP contribution in [0, 0.1) is 0 Å². The molecule has 0 aliphatic carbocycles. The second-order valence-corrected chi connectivity index (χ2v) is 2.53. The van der Waals surface area contributed by atoms with E-state index in [0.717, 1.165) is 6.08 Å². The van der Waals surface area contributed by atoms with E-state index in [-0.39, 0.29) is 74.6 Å². The van der Waals surface area contributed by atoms with Gasteiger partial charge in [0.05, 0.1) is 5.75 Å². The molecule has 0 aromatic rings. The summed E-state index contributed by atoms with van der Waals surface area (Å²) in [6, 6.07) is 0. The summed E-state index contributed by atoms with van der Waals surface area (Å²) in [5, 5.41) is 0. The van der Waals surface area contributed by atoms with Crippen LogP contribution in [0.2, 0.25) is 0 Å². The molecule has 1 N–H and O–H groups in total. The number of hydrogen-bond acceptors (Lipinski definition) is 2. The van der Waals surface area contributed by atoms with Crippen LogP contribution < -0.4 is 0 Å². The maximum atomic E-state index is 9.72. The average molecular weight is 256 g/mol. The van der Waals surface area contributed by atoms with Gasteiger partial charge < -0.3 is 0 Å². The van der Waals surface area contributed by atoms with Crippen LogP contribution in [-0.4, -0.2) is 87.6 Å². The summed E-state index contributed by atoms with van der Waals surface area (Å²) >= 11 is 0.